The fourth-order valence-electron chi connectivity index (χ4n) is 1.96. The molecule has 4 heteroatoms. The van der Waals surface area contributed by atoms with Crippen LogP contribution in [0.2, 0.25) is 0 Å². The summed E-state index contributed by atoms with van der Waals surface area (Å²) in [6, 6.07) is 1.63. The molecular formula is C10H13NO2S. The van der Waals surface area contributed by atoms with Crippen molar-refractivity contribution < 1.29 is 9.90 Å². The second kappa shape index (κ2) is 3.71. The summed E-state index contributed by atoms with van der Waals surface area (Å²) < 4.78 is 0. The van der Waals surface area contributed by atoms with E-state index in [1.807, 2.05) is 23.3 Å². The van der Waals surface area contributed by atoms with Crippen molar-refractivity contribution in [1.82, 2.24) is 4.90 Å². The van der Waals surface area contributed by atoms with E-state index in [0.717, 1.165) is 24.4 Å². The Morgan fingerprint density at radius 2 is 2.57 bits per heavy atom. The molecule has 0 radical (unpaired) electrons. The lowest BCUT2D eigenvalue weighted by Gasteiger charge is -2.31. The number of carboxylic acid groups (broad SMARTS) is 1. The van der Waals surface area contributed by atoms with Crippen LogP contribution in [0.3, 0.4) is 0 Å². The average molecular weight is 211 g/mol. The smallest absolute Gasteiger partial charge is 0.326 e. The maximum atomic E-state index is 11.1. The van der Waals surface area contributed by atoms with Gasteiger partial charge in [0.05, 0.1) is 0 Å². The molecule has 0 saturated heterocycles. The normalized spacial score (nSPS) is 21.9. The van der Waals surface area contributed by atoms with Crippen molar-refractivity contribution in [3.8, 4) is 0 Å². The lowest BCUT2D eigenvalue weighted by atomic mass is 10.0. The van der Waals surface area contributed by atoms with Gasteiger partial charge >= 0.3 is 5.97 Å². The summed E-state index contributed by atoms with van der Waals surface area (Å²) >= 11 is 1.56. The van der Waals surface area contributed by atoms with E-state index in [0.29, 0.717) is 0 Å². The first-order chi connectivity index (χ1) is 6.74. The Bertz CT molecular complexity index is 348. The summed E-state index contributed by atoms with van der Waals surface area (Å²) in [6.07, 6.45) is 0.983. The molecule has 1 atom stereocenters. The van der Waals surface area contributed by atoms with E-state index in [-0.39, 0.29) is 0 Å². The Labute approximate surface area is 87.0 Å². The van der Waals surface area contributed by atoms with Gasteiger partial charge in [-0.25, -0.2) is 0 Å². The Balaban J connectivity index is 2.38. The summed E-state index contributed by atoms with van der Waals surface area (Å²) in [4.78, 5) is 14.2. The highest BCUT2D eigenvalue weighted by atomic mass is 32.1. The Morgan fingerprint density at radius 1 is 1.79 bits per heavy atom. The van der Waals surface area contributed by atoms with E-state index in [2.05, 4.69) is 0 Å². The predicted octanol–water partition coefficient (Wildman–Crippen LogP) is 1.75. The van der Waals surface area contributed by atoms with Crippen LogP contribution in [0.4, 0.5) is 0 Å². The van der Waals surface area contributed by atoms with Gasteiger partial charge in [0.25, 0.3) is 0 Å². The van der Waals surface area contributed by atoms with Gasteiger partial charge in [-0.2, -0.15) is 0 Å². The first-order valence-corrected chi connectivity index (χ1v) is 5.65. The van der Waals surface area contributed by atoms with Crippen molar-refractivity contribution >= 4 is 17.3 Å². The quantitative estimate of drug-likeness (QED) is 0.810. The number of fused-ring (bicyclic) bond motifs is 1. The second-order valence-corrected chi connectivity index (χ2v) is 4.38. The Hall–Kier alpha value is -0.870. The Morgan fingerprint density at radius 3 is 3.21 bits per heavy atom. The highest BCUT2D eigenvalue weighted by Gasteiger charge is 2.32. The van der Waals surface area contributed by atoms with Gasteiger partial charge in [-0.3, -0.25) is 9.69 Å². The number of carbonyl (C=O) groups is 1. The highest BCUT2D eigenvalue weighted by Crippen LogP contribution is 2.33. The van der Waals surface area contributed by atoms with E-state index in [9.17, 15) is 4.79 Å². The summed E-state index contributed by atoms with van der Waals surface area (Å²) in [5.41, 5.74) is 1.21. The molecule has 76 valence electrons. The van der Waals surface area contributed by atoms with Gasteiger partial charge in [-0.1, -0.05) is 6.92 Å². The van der Waals surface area contributed by atoms with Gasteiger partial charge in [0.15, 0.2) is 0 Å². The number of nitrogens with zero attached hydrogens (tertiary/aromatic N) is 1. The maximum Gasteiger partial charge on any atom is 0.326 e. The van der Waals surface area contributed by atoms with Crippen LogP contribution in [-0.2, 0) is 11.2 Å². The lowest BCUT2D eigenvalue weighted by Crippen LogP contribution is -2.38. The largest absolute Gasteiger partial charge is 0.480 e. The van der Waals surface area contributed by atoms with E-state index in [1.54, 1.807) is 11.3 Å². The molecule has 2 rings (SSSR count). The highest BCUT2D eigenvalue weighted by molar-refractivity contribution is 7.10. The zero-order valence-corrected chi connectivity index (χ0v) is 8.88. The minimum Gasteiger partial charge on any atom is -0.480 e. The molecule has 0 amide bonds. The van der Waals surface area contributed by atoms with Gasteiger partial charge in [-0.05, 0) is 30.0 Å². The lowest BCUT2D eigenvalue weighted by molar-refractivity contribution is -0.143. The van der Waals surface area contributed by atoms with Gasteiger partial charge in [-0.15, -0.1) is 11.3 Å². The molecule has 0 saturated carbocycles. The SMILES string of the molecule is CCN1CCc2ccsc2[C@H]1C(=O)O. The molecule has 0 aliphatic carbocycles. The number of thiophene rings is 1. The molecule has 1 aliphatic heterocycles. The number of hydrogen-bond acceptors (Lipinski definition) is 3. The molecule has 0 fully saturated rings. The van der Waals surface area contributed by atoms with Gasteiger partial charge in [0, 0.05) is 11.4 Å². The molecule has 1 aromatic heterocycles. The van der Waals surface area contributed by atoms with E-state index >= 15 is 0 Å². The zero-order chi connectivity index (χ0) is 10.1. The summed E-state index contributed by atoms with van der Waals surface area (Å²) in [6.45, 7) is 3.67. The van der Waals surface area contributed by atoms with Crippen molar-refractivity contribution in [2.45, 2.75) is 19.4 Å². The molecule has 0 bridgehead atoms. The standard InChI is InChI=1S/C10H13NO2S/c1-2-11-5-3-7-4-6-14-9(7)8(11)10(12)13/h4,6,8H,2-3,5H2,1H3,(H,12,13)/t8-/m0/s1. The third-order valence-electron chi connectivity index (χ3n) is 2.70. The predicted molar refractivity (Wildman–Crippen MR) is 55.6 cm³/mol. The molecular weight excluding hydrogens is 198 g/mol. The van der Waals surface area contributed by atoms with Gasteiger partial charge in [0.1, 0.15) is 6.04 Å². The third-order valence-corrected chi connectivity index (χ3v) is 3.71. The van der Waals surface area contributed by atoms with Crippen molar-refractivity contribution in [3.05, 3.63) is 21.9 Å². The molecule has 0 aromatic carbocycles. The summed E-state index contributed by atoms with van der Waals surface area (Å²) in [5.74, 6) is -0.727. The van der Waals surface area contributed by atoms with Crippen LogP contribution >= 0.6 is 11.3 Å². The van der Waals surface area contributed by atoms with Crippen molar-refractivity contribution in [3.63, 3.8) is 0 Å². The zero-order valence-electron chi connectivity index (χ0n) is 8.06. The minimum atomic E-state index is -0.727. The van der Waals surface area contributed by atoms with E-state index in [4.69, 9.17) is 5.11 Å². The number of carboxylic acids is 1. The topological polar surface area (TPSA) is 40.5 Å². The molecule has 0 spiro atoms. The van der Waals surface area contributed by atoms with Crippen LogP contribution in [0.1, 0.15) is 23.4 Å². The first kappa shape index (κ1) is 9.68. The van der Waals surface area contributed by atoms with Crippen molar-refractivity contribution in [1.29, 1.82) is 0 Å². The van der Waals surface area contributed by atoms with E-state index in [1.165, 1.54) is 5.56 Å². The number of aliphatic carboxylic acids is 1. The minimum absolute atomic E-state index is 0.413. The third kappa shape index (κ3) is 1.44. The van der Waals surface area contributed by atoms with Crippen molar-refractivity contribution in [2.75, 3.05) is 13.1 Å². The maximum absolute atomic E-state index is 11.1. The molecule has 1 aromatic rings. The Kier molecular flexibility index (Phi) is 2.56. The fraction of sp³-hybridized carbons (Fsp3) is 0.500. The van der Waals surface area contributed by atoms with Crippen LogP contribution in [-0.4, -0.2) is 29.1 Å². The average Bonchev–Trinajstić information content (AvgIpc) is 2.62. The van der Waals surface area contributed by atoms with Crippen LogP contribution in [0.15, 0.2) is 11.4 Å². The van der Waals surface area contributed by atoms with Crippen LogP contribution < -0.4 is 0 Å². The molecule has 14 heavy (non-hydrogen) atoms. The molecule has 3 nitrogen and oxygen atoms in total. The summed E-state index contributed by atoms with van der Waals surface area (Å²) in [7, 11) is 0. The molecule has 2 heterocycles. The summed E-state index contributed by atoms with van der Waals surface area (Å²) in [5, 5.41) is 11.2. The van der Waals surface area contributed by atoms with E-state index < -0.39 is 12.0 Å². The van der Waals surface area contributed by atoms with Gasteiger partial charge < -0.3 is 5.11 Å². The number of rotatable bonds is 2. The van der Waals surface area contributed by atoms with Crippen LogP contribution in [0, 0.1) is 0 Å². The van der Waals surface area contributed by atoms with Crippen LogP contribution in [0.25, 0.3) is 0 Å². The molecule has 1 aliphatic rings. The first-order valence-electron chi connectivity index (χ1n) is 4.77. The number of hydrogen-bond donors (Lipinski definition) is 1. The molecule has 1 N–H and O–H groups in total. The van der Waals surface area contributed by atoms with Crippen molar-refractivity contribution in [2.24, 2.45) is 0 Å². The van der Waals surface area contributed by atoms with Gasteiger partial charge in [0.2, 0.25) is 0 Å². The monoisotopic (exact) mass is 211 g/mol. The number of likely N-dealkylation sites (N-methyl/N-ethyl adjacent to an activating group) is 1. The second-order valence-electron chi connectivity index (χ2n) is 3.43. The fourth-order valence-corrected chi connectivity index (χ4v) is 3.04. The van der Waals surface area contributed by atoms with Crippen LogP contribution in [0.5, 0.6) is 0 Å². The molecule has 0 unspecified atom stereocenters.